The van der Waals surface area contributed by atoms with Crippen molar-refractivity contribution in [2.24, 2.45) is 0 Å². The Balaban J connectivity index is 2.09. The smallest absolute Gasteiger partial charge is 0.124 e. The topological polar surface area (TPSA) is 12.0 Å². The summed E-state index contributed by atoms with van der Waals surface area (Å²) >= 11 is 5.13. The van der Waals surface area contributed by atoms with Crippen LogP contribution in [-0.2, 0) is 6.42 Å². The second-order valence-corrected chi connectivity index (χ2v) is 6.38. The van der Waals surface area contributed by atoms with Crippen LogP contribution < -0.4 is 5.32 Å². The van der Waals surface area contributed by atoms with Crippen LogP contribution in [-0.4, -0.2) is 6.54 Å². The predicted molar refractivity (Wildman–Crippen MR) is 83.2 cm³/mol. The van der Waals surface area contributed by atoms with Gasteiger partial charge in [-0.3, -0.25) is 0 Å². The van der Waals surface area contributed by atoms with E-state index in [0.29, 0.717) is 0 Å². The van der Waals surface area contributed by atoms with Crippen molar-refractivity contribution in [1.29, 1.82) is 0 Å². The first-order chi connectivity index (χ1) is 9.19. The van der Waals surface area contributed by atoms with Gasteiger partial charge in [0.05, 0.1) is 0 Å². The normalized spacial score (nSPS) is 12.6. The van der Waals surface area contributed by atoms with Crippen molar-refractivity contribution in [3.8, 4) is 0 Å². The lowest BCUT2D eigenvalue weighted by Gasteiger charge is -2.18. The summed E-state index contributed by atoms with van der Waals surface area (Å²) < 4.78 is 14.3. The van der Waals surface area contributed by atoms with Crippen LogP contribution in [0.3, 0.4) is 0 Å². The molecule has 1 unspecified atom stereocenters. The highest BCUT2D eigenvalue weighted by atomic mass is 79.9. The number of benzene rings is 1. The Bertz CT molecular complexity index is 493. The van der Waals surface area contributed by atoms with Crippen molar-refractivity contribution in [3.05, 3.63) is 56.4 Å². The Kier molecular flexibility index (Phi) is 5.55. The SMILES string of the molecule is CCNC(CCc1cccs1)c1cc(F)cc(Br)c1. The number of aryl methyl sites for hydroxylation is 1. The molecule has 1 N–H and O–H groups in total. The van der Waals surface area contributed by atoms with E-state index in [-0.39, 0.29) is 11.9 Å². The average molecular weight is 342 g/mol. The summed E-state index contributed by atoms with van der Waals surface area (Å²) in [6, 6.07) is 9.51. The summed E-state index contributed by atoms with van der Waals surface area (Å²) in [6.45, 7) is 2.95. The summed E-state index contributed by atoms with van der Waals surface area (Å²) in [4.78, 5) is 1.37. The van der Waals surface area contributed by atoms with Crippen LogP contribution in [0.1, 0.15) is 29.8 Å². The van der Waals surface area contributed by atoms with Crippen molar-refractivity contribution < 1.29 is 4.39 Å². The molecular formula is C15H17BrFNS. The Morgan fingerprint density at radius 2 is 2.21 bits per heavy atom. The minimum absolute atomic E-state index is 0.191. The molecule has 0 bridgehead atoms. The van der Waals surface area contributed by atoms with Crippen LogP contribution in [0.5, 0.6) is 0 Å². The van der Waals surface area contributed by atoms with Crippen LogP contribution in [0.4, 0.5) is 4.39 Å². The van der Waals surface area contributed by atoms with Crippen molar-refractivity contribution in [1.82, 2.24) is 5.32 Å². The van der Waals surface area contributed by atoms with Gasteiger partial charge in [0.15, 0.2) is 0 Å². The molecule has 1 nitrogen and oxygen atoms in total. The maximum absolute atomic E-state index is 13.5. The lowest BCUT2D eigenvalue weighted by molar-refractivity contribution is 0.512. The standard InChI is InChI=1S/C15H17BrFNS/c1-2-18-15(6-5-14-4-3-7-19-14)11-8-12(16)10-13(17)9-11/h3-4,7-10,15,18H,2,5-6H2,1H3. The number of hydrogen-bond donors (Lipinski definition) is 1. The lowest BCUT2D eigenvalue weighted by Crippen LogP contribution is -2.21. The second kappa shape index (κ2) is 7.17. The van der Waals surface area contributed by atoms with Crippen molar-refractivity contribution in [2.45, 2.75) is 25.8 Å². The van der Waals surface area contributed by atoms with E-state index >= 15 is 0 Å². The first kappa shape index (κ1) is 14.7. The molecule has 0 aliphatic heterocycles. The number of halogens is 2. The fraction of sp³-hybridized carbons (Fsp3) is 0.333. The summed E-state index contributed by atoms with van der Waals surface area (Å²) in [6.07, 6.45) is 1.99. The van der Waals surface area contributed by atoms with Gasteiger partial charge in [0.25, 0.3) is 0 Å². The van der Waals surface area contributed by atoms with E-state index in [9.17, 15) is 4.39 Å². The number of hydrogen-bond acceptors (Lipinski definition) is 2. The zero-order chi connectivity index (χ0) is 13.7. The highest BCUT2D eigenvalue weighted by Crippen LogP contribution is 2.25. The molecule has 0 saturated heterocycles. The molecule has 0 spiro atoms. The molecule has 1 atom stereocenters. The highest BCUT2D eigenvalue weighted by Gasteiger charge is 2.12. The third kappa shape index (κ3) is 4.41. The molecule has 102 valence electrons. The van der Waals surface area contributed by atoms with Gasteiger partial charge in [-0.2, -0.15) is 0 Å². The van der Waals surface area contributed by atoms with Gasteiger partial charge < -0.3 is 5.32 Å². The van der Waals surface area contributed by atoms with Crippen LogP contribution in [0.25, 0.3) is 0 Å². The Morgan fingerprint density at radius 1 is 1.37 bits per heavy atom. The van der Waals surface area contributed by atoms with E-state index in [4.69, 9.17) is 0 Å². The molecule has 0 aliphatic carbocycles. The minimum atomic E-state index is -0.191. The van der Waals surface area contributed by atoms with Gasteiger partial charge in [0, 0.05) is 15.4 Å². The zero-order valence-electron chi connectivity index (χ0n) is 10.8. The van der Waals surface area contributed by atoms with E-state index in [1.165, 1.54) is 10.9 Å². The average Bonchev–Trinajstić information content (AvgIpc) is 2.86. The molecule has 2 aromatic rings. The fourth-order valence-corrected chi connectivity index (χ4v) is 3.36. The molecule has 0 amide bonds. The molecule has 1 aromatic carbocycles. The molecule has 0 radical (unpaired) electrons. The van der Waals surface area contributed by atoms with Gasteiger partial charge in [0.1, 0.15) is 5.82 Å². The van der Waals surface area contributed by atoms with E-state index in [0.717, 1.165) is 29.4 Å². The number of thiophene rings is 1. The van der Waals surface area contributed by atoms with Gasteiger partial charge in [-0.15, -0.1) is 11.3 Å². The van der Waals surface area contributed by atoms with Crippen molar-refractivity contribution in [2.75, 3.05) is 6.54 Å². The lowest BCUT2D eigenvalue weighted by atomic mass is 10.0. The Hall–Kier alpha value is -0.710. The zero-order valence-corrected chi connectivity index (χ0v) is 13.2. The van der Waals surface area contributed by atoms with Crippen molar-refractivity contribution in [3.63, 3.8) is 0 Å². The maximum Gasteiger partial charge on any atom is 0.124 e. The fourth-order valence-electron chi connectivity index (χ4n) is 2.15. The van der Waals surface area contributed by atoms with Crippen LogP contribution >= 0.6 is 27.3 Å². The van der Waals surface area contributed by atoms with Gasteiger partial charge in [0.2, 0.25) is 0 Å². The van der Waals surface area contributed by atoms with E-state index in [1.807, 2.05) is 6.07 Å². The van der Waals surface area contributed by atoms with E-state index in [1.54, 1.807) is 17.4 Å². The van der Waals surface area contributed by atoms with E-state index < -0.39 is 0 Å². The summed E-state index contributed by atoms with van der Waals surface area (Å²) in [7, 11) is 0. The summed E-state index contributed by atoms with van der Waals surface area (Å²) in [5, 5.41) is 5.53. The van der Waals surface area contributed by atoms with Crippen LogP contribution in [0.15, 0.2) is 40.2 Å². The van der Waals surface area contributed by atoms with Gasteiger partial charge in [-0.25, -0.2) is 4.39 Å². The molecule has 19 heavy (non-hydrogen) atoms. The molecule has 0 aliphatic rings. The second-order valence-electron chi connectivity index (χ2n) is 4.43. The minimum Gasteiger partial charge on any atom is -0.310 e. The molecule has 1 aromatic heterocycles. The molecule has 1 heterocycles. The molecular weight excluding hydrogens is 325 g/mol. The molecule has 0 fully saturated rings. The quantitative estimate of drug-likeness (QED) is 0.785. The predicted octanol–water partition coefficient (Wildman–Crippen LogP) is 4.93. The van der Waals surface area contributed by atoms with Crippen molar-refractivity contribution >= 4 is 27.3 Å². The third-order valence-corrected chi connectivity index (χ3v) is 4.39. The summed E-state index contributed by atoms with van der Waals surface area (Å²) in [5.74, 6) is -0.191. The highest BCUT2D eigenvalue weighted by molar-refractivity contribution is 9.10. The van der Waals surface area contributed by atoms with Crippen LogP contribution in [0.2, 0.25) is 0 Å². The van der Waals surface area contributed by atoms with Crippen LogP contribution in [0, 0.1) is 5.82 Å². The number of nitrogens with one attached hydrogen (secondary N) is 1. The van der Waals surface area contributed by atoms with Gasteiger partial charge in [-0.05, 0) is 54.6 Å². The summed E-state index contributed by atoms with van der Waals surface area (Å²) in [5.41, 5.74) is 1.00. The van der Waals surface area contributed by atoms with Gasteiger partial charge in [-0.1, -0.05) is 28.9 Å². The first-order valence-electron chi connectivity index (χ1n) is 6.40. The molecule has 4 heteroatoms. The molecule has 2 rings (SSSR count). The number of rotatable bonds is 6. The van der Waals surface area contributed by atoms with E-state index in [2.05, 4.69) is 45.7 Å². The monoisotopic (exact) mass is 341 g/mol. The first-order valence-corrected chi connectivity index (χ1v) is 8.08. The third-order valence-electron chi connectivity index (χ3n) is 3.00. The van der Waals surface area contributed by atoms with Gasteiger partial charge >= 0.3 is 0 Å². The maximum atomic E-state index is 13.5. The Morgan fingerprint density at radius 3 is 2.84 bits per heavy atom. The molecule has 0 saturated carbocycles. The Labute approximate surface area is 126 Å². The largest absolute Gasteiger partial charge is 0.310 e.